The van der Waals surface area contributed by atoms with Gasteiger partial charge in [0.05, 0.1) is 7.11 Å². The Balaban J connectivity index is 1.32. The number of hydrogen-bond donors (Lipinski definition) is 1. The van der Waals surface area contributed by atoms with E-state index in [2.05, 4.69) is 15.2 Å². The number of piperazine rings is 1. The van der Waals surface area contributed by atoms with Crippen molar-refractivity contribution in [3.63, 3.8) is 0 Å². The summed E-state index contributed by atoms with van der Waals surface area (Å²) < 4.78 is 5.17. The second kappa shape index (κ2) is 10.5. The fraction of sp³-hybridized carbons (Fsp3) is 0.480. The van der Waals surface area contributed by atoms with Gasteiger partial charge in [-0.2, -0.15) is 4.98 Å². The van der Waals surface area contributed by atoms with Gasteiger partial charge in [0.15, 0.2) is 0 Å². The first-order valence-electron chi connectivity index (χ1n) is 11.6. The number of methoxy groups -OCH3 is 1. The van der Waals surface area contributed by atoms with Gasteiger partial charge in [-0.15, -0.1) is 0 Å². The molecule has 0 radical (unpaired) electrons. The summed E-state index contributed by atoms with van der Waals surface area (Å²) in [6.45, 7) is 4.91. The third-order valence-corrected chi connectivity index (χ3v) is 6.23. The van der Waals surface area contributed by atoms with E-state index in [1.807, 2.05) is 48.2 Å². The average Bonchev–Trinajstić information content (AvgIpc) is 2.83. The molecule has 1 aliphatic heterocycles. The van der Waals surface area contributed by atoms with Crippen molar-refractivity contribution in [1.82, 2.24) is 14.9 Å². The van der Waals surface area contributed by atoms with Crippen LogP contribution in [0.4, 0.5) is 11.8 Å². The lowest BCUT2D eigenvalue weighted by atomic mass is 9.96. The average molecular weight is 436 g/mol. The molecule has 170 valence electrons. The number of anilines is 2. The standard InChI is InChI=1S/C25H33N5O2/c1-19-18-23(28-25(26-19)27-21-6-4-3-5-7-21)29-14-16-30(17-15-29)24(31)13-10-20-8-11-22(32-2)12-9-20/h8-13,18,21H,3-7,14-17H2,1-2H3,(H,26,27,28)/b13-10+. The molecule has 4 rings (SSSR count). The molecule has 7 nitrogen and oxygen atoms in total. The van der Waals surface area contributed by atoms with Crippen LogP contribution in [0.2, 0.25) is 0 Å². The zero-order chi connectivity index (χ0) is 22.3. The first kappa shape index (κ1) is 22.1. The van der Waals surface area contributed by atoms with Crippen molar-refractivity contribution in [1.29, 1.82) is 0 Å². The molecule has 0 unspecified atom stereocenters. The fourth-order valence-electron chi connectivity index (χ4n) is 4.35. The van der Waals surface area contributed by atoms with Crippen molar-refractivity contribution in [2.45, 2.75) is 45.1 Å². The number of ether oxygens (including phenoxy) is 1. The highest BCUT2D eigenvalue weighted by atomic mass is 16.5. The largest absolute Gasteiger partial charge is 0.497 e. The lowest BCUT2D eigenvalue weighted by molar-refractivity contribution is -0.126. The monoisotopic (exact) mass is 435 g/mol. The van der Waals surface area contributed by atoms with Crippen LogP contribution in [-0.4, -0.2) is 60.1 Å². The van der Waals surface area contributed by atoms with Crippen LogP contribution in [0.5, 0.6) is 5.75 Å². The highest BCUT2D eigenvalue weighted by Crippen LogP contribution is 2.22. The summed E-state index contributed by atoms with van der Waals surface area (Å²) in [4.78, 5) is 26.2. The smallest absolute Gasteiger partial charge is 0.246 e. The van der Waals surface area contributed by atoms with Crippen molar-refractivity contribution < 1.29 is 9.53 Å². The molecule has 0 spiro atoms. The molecule has 7 heteroatoms. The SMILES string of the molecule is COc1ccc(/C=C/C(=O)N2CCN(c3cc(C)nc(NC4CCCCC4)n3)CC2)cc1. The predicted molar refractivity (Wildman–Crippen MR) is 128 cm³/mol. The van der Waals surface area contributed by atoms with E-state index >= 15 is 0 Å². The molecule has 1 aromatic heterocycles. The van der Waals surface area contributed by atoms with Gasteiger partial charge in [-0.05, 0) is 43.5 Å². The Kier molecular flexibility index (Phi) is 7.24. The van der Waals surface area contributed by atoms with Gasteiger partial charge in [-0.3, -0.25) is 4.79 Å². The minimum atomic E-state index is 0.0407. The molecule has 1 N–H and O–H groups in total. The maximum atomic E-state index is 12.6. The van der Waals surface area contributed by atoms with E-state index in [0.717, 1.165) is 41.9 Å². The third kappa shape index (κ3) is 5.78. The molecule has 2 heterocycles. The van der Waals surface area contributed by atoms with Crippen LogP contribution in [-0.2, 0) is 4.79 Å². The normalized spacial score (nSPS) is 17.6. The number of aromatic nitrogens is 2. The van der Waals surface area contributed by atoms with Gasteiger partial charge in [-0.1, -0.05) is 31.4 Å². The van der Waals surface area contributed by atoms with E-state index in [-0.39, 0.29) is 5.91 Å². The summed E-state index contributed by atoms with van der Waals surface area (Å²) in [6.07, 6.45) is 9.77. The summed E-state index contributed by atoms with van der Waals surface area (Å²) in [5, 5.41) is 3.54. The quantitative estimate of drug-likeness (QED) is 0.694. The zero-order valence-corrected chi connectivity index (χ0v) is 19.1. The van der Waals surface area contributed by atoms with E-state index in [1.54, 1.807) is 13.2 Å². The van der Waals surface area contributed by atoms with E-state index in [0.29, 0.717) is 19.1 Å². The van der Waals surface area contributed by atoms with Crippen molar-refractivity contribution in [2.75, 3.05) is 43.5 Å². The van der Waals surface area contributed by atoms with E-state index in [1.165, 1.54) is 32.1 Å². The number of rotatable bonds is 6. The van der Waals surface area contributed by atoms with Gasteiger partial charge in [0.1, 0.15) is 11.6 Å². The number of benzene rings is 1. The minimum Gasteiger partial charge on any atom is -0.497 e. The molecule has 1 saturated carbocycles. The molecule has 32 heavy (non-hydrogen) atoms. The Morgan fingerprint density at radius 2 is 1.78 bits per heavy atom. The first-order chi connectivity index (χ1) is 15.6. The molecule has 2 fully saturated rings. The summed E-state index contributed by atoms with van der Waals surface area (Å²) in [5.74, 6) is 2.52. The summed E-state index contributed by atoms with van der Waals surface area (Å²) >= 11 is 0. The molecular weight excluding hydrogens is 402 g/mol. The third-order valence-electron chi connectivity index (χ3n) is 6.23. The van der Waals surface area contributed by atoms with Gasteiger partial charge in [0.2, 0.25) is 11.9 Å². The number of aryl methyl sites for hydroxylation is 1. The summed E-state index contributed by atoms with van der Waals surface area (Å²) in [6, 6.07) is 10.2. The van der Waals surface area contributed by atoms with Gasteiger partial charge >= 0.3 is 0 Å². The van der Waals surface area contributed by atoms with Crippen molar-refractivity contribution in [3.8, 4) is 5.75 Å². The maximum absolute atomic E-state index is 12.6. The van der Waals surface area contributed by atoms with Crippen LogP contribution in [0, 0.1) is 6.92 Å². The Morgan fingerprint density at radius 1 is 1.06 bits per heavy atom. The number of carbonyl (C=O) groups excluding carboxylic acids is 1. The van der Waals surface area contributed by atoms with Gasteiger partial charge in [0.25, 0.3) is 0 Å². The van der Waals surface area contributed by atoms with E-state index < -0.39 is 0 Å². The van der Waals surface area contributed by atoms with Crippen molar-refractivity contribution >= 4 is 23.7 Å². The Labute approximate surface area is 190 Å². The molecule has 1 aliphatic carbocycles. The number of carbonyl (C=O) groups is 1. The van der Waals surface area contributed by atoms with Crippen LogP contribution in [0.25, 0.3) is 6.08 Å². The van der Waals surface area contributed by atoms with Crippen molar-refractivity contribution in [2.24, 2.45) is 0 Å². The van der Waals surface area contributed by atoms with E-state index in [9.17, 15) is 4.79 Å². The molecule has 2 aliphatic rings. The van der Waals surface area contributed by atoms with Crippen LogP contribution < -0.4 is 15.0 Å². The number of hydrogen-bond acceptors (Lipinski definition) is 6. The molecule has 2 aromatic rings. The topological polar surface area (TPSA) is 70.6 Å². The second-order valence-electron chi connectivity index (χ2n) is 8.59. The predicted octanol–water partition coefficient (Wildman–Crippen LogP) is 3.90. The van der Waals surface area contributed by atoms with Gasteiger partial charge < -0.3 is 19.9 Å². The molecule has 1 amide bonds. The number of nitrogens with zero attached hydrogens (tertiary/aromatic N) is 4. The summed E-state index contributed by atoms with van der Waals surface area (Å²) in [5.41, 5.74) is 1.95. The Bertz CT molecular complexity index is 930. The lowest BCUT2D eigenvalue weighted by Crippen LogP contribution is -2.48. The van der Waals surface area contributed by atoms with Gasteiger partial charge in [-0.25, -0.2) is 4.98 Å². The van der Waals surface area contributed by atoms with Crippen LogP contribution >= 0.6 is 0 Å². The van der Waals surface area contributed by atoms with Crippen molar-refractivity contribution in [3.05, 3.63) is 47.7 Å². The number of nitrogens with one attached hydrogen (secondary N) is 1. The first-order valence-corrected chi connectivity index (χ1v) is 11.6. The molecule has 0 atom stereocenters. The second-order valence-corrected chi connectivity index (χ2v) is 8.59. The fourth-order valence-corrected chi connectivity index (χ4v) is 4.35. The summed E-state index contributed by atoms with van der Waals surface area (Å²) in [7, 11) is 1.64. The van der Waals surface area contributed by atoms with Crippen LogP contribution in [0.15, 0.2) is 36.4 Å². The maximum Gasteiger partial charge on any atom is 0.246 e. The van der Waals surface area contributed by atoms with Gasteiger partial charge in [0, 0.05) is 50.1 Å². The molecule has 1 saturated heterocycles. The highest BCUT2D eigenvalue weighted by Gasteiger charge is 2.22. The Morgan fingerprint density at radius 3 is 2.47 bits per heavy atom. The highest BCUT2D eigenvalue weighted by molar-refractivity contribution is 5.92. The van der Waals surface area contributed by atoms with E-state index in [4.69, 9.17) is 9.72 Å². The molecular formula is C25H33N5O2. The Hall–Kier alpha value is -3.09. The lowest BCUT2D eigenvalue weighted by Gasteiger charge is -2.35. The van der Waals surface area contributed by atoms with Crippen LogP contribution in [0.3, 0.4) is 0 Å². The van der Waals surface area contributed by atoms with Crippen LogP contribution in [0.1, 0.15) is 43.4 Å². The number of amides is 1. The molecule has 0 bridgehead atoms. The zero-order valence-electron chi connectivity index (χ0n) is 19.1. The minimum absolute atomic E-state index is 0.0407. The molecule has 1 aromatic carbocycles.